The maximum atomic E-state index is 13.0. The van der Waals surface area contributed by atoms with Crippen molar-refractivity contribution in [2.45, 2.75) is 20.0 Å². The van der Waals surface area contributed by atoms with E-state index in [0.29, 0.717) is 25.6 Å². The number of nitrogens with zero attached hydrogens (tertiary/aromatic N) is 3. The zero-order valence-corrected chi connectivity index (χ0v) is 14.2. The summed E-state index contributed by atoms with van der Waals surface area (Å²) in [6, 6.07) is 7.89. The second-order valence-electron chi connectivity index (χ2n) is 5.99. The van der Waals surface area contributed by atoms with Crippen molar-refractivity contribution in [3.8, 4) is 5.88 Å². The molecule has 2 heterocycles. The smallest absolute Gasteiger partial charge is 0.260 e. The maximum Gasteiger partial charge on any atom is 0.260 e. The normalized spacial score (nSPS) is 17.4. The predicted molar refractivity (Wildman–Crippen MR) is 88.7 cm³/mol. The lowest BCUT2D eigenvalue weighted by Gasteiger charge is -2.33. The fourth-order valence-corrected chi connectivity index (χ4v) is 2.57. The molecule has 1 aliphatic rings. The Morgan fingerprint density at radius 2 is 2.08 bits per heavy atom. The minimum absolute atomic E-state index is 0.104. The number of hydrogen-bond acceptors (Lipinski definition) is 5. The van der Waals surface area contributed by atoms with Crippen LogP contribution in [0.3, 0.4) is 0 Å². The first-order valence-electron chi connectivity index (χ1n) is 8.11. The molecular weight excluding hydrogens is 325 g/mol. The molecule has 2 aromatic rings. The van der Waals surface area contributed by atoms with Crippen molar-refractivity contribution in [2.75, 3.05) is 26.3 Å². The molecule has 0 bridgehead atoms. The first-order valence-corrected chi connectivity index (χ1v) is 8.11. The van der Waals surface area contributed by atoms with E-state index in [0.717, 1.165) is 16.8 Å². The van der Waals surface area contributed by atoms with Crippen LogP contribution in [0.4, 0.5) is 4.39 Å². The molecule has 1 aliphatic heterocycles. The van der Waals surface area contributed by atoms with Gasteiger partial charge in [0, 0.05) is 12.6 Å². The molecule has 1 amide bonds. The van der Waals surface area contributed by atoms with E-state index < -0.39 is 0 Å². The van der Waals surface area contributed by atoms with Gasteiger partial charge in [-0.3, -0.25) is 4.79 Å². The van der Waals surface area contributed by atoms with Gasteiger partial charge in [0.1, 0.15) is 11.9 Å². The Balaban J connectivity index is 1.58. The van der Waals surface area contributed by atoms with Crippen LogP contribution >= 0.6 is 0 Å². The van der Waals surface area contributed by atoms with Gasteiger partial charge < -0.3 is 14.4 Å². The Hall–Kier alpha value is -2.54. The first kappa shape index (κ1) is 17.3. The minimum atomic E-state index is -0.296. The van der Waals surface area contributed by atoms with Gasteiger partial charge in [-0.2, -0.15) is 5.10 Å². The van der Waals surface area contributed by atoms with E-state index >= 15 is 0 Å². The highest BCUT2D eigenvalue weighted by Crippen LogP contribution is 2.22. The van der Waals surface area contributed by atoms with Crippen LogP contribution in [0.1, 0.15) is 22.9 Å². The Morgan fingerprint density at radius 1 is 1.32 bits per heavy atom. The number of hydrogen-bond donors (Lipinski definition) is 0. The molecule has 0 radical (unpaired) electrons. The quantitative estimate of drug-likeness (QED) is 0.850. The summed E-state index contributed by atoms with van der Waals surface area (Å²) in [5, 5.41) is 7.90. The Bertz CT molecular complexity index is 752. The fraction of sp³-hybridized carbons (Fsp3) is 0.389. The number of morpholine rings is 1. The van der Waals surface area contributed by atoms with Crippen molar-refractivity contribution in [3.05, 3.63) is 53.0 Å². The highest BCUT2D eigenvalue weighted by atomic mass is 19.1. The van der Waals surface area contributed by atoms with E-state index in [-0.39, 0.29) is 24.4 Å². The van der Waals surface area contributed by atoms with Gasteiger partial charge in [-0.15, -0.1) is 5.10 Å². The number of carbonyl (C=O) groups is 1. The number of rotatable bonds is 4. The van der Waals surface area contributed by atoms with Gasteiger partial charge >= 0.3 is 0 Å². The van der Waals surface area contributed by atoms with Crippen LogP contribution in [0.25, 0.3) is 0 Å². The number of ether oxygens (including phenoxy) is 2. The molecule has 0 aliphatic carbocycles. The van der Waals surface area contributed by atoms with Gasteiger partial charge in [-0.25, -0.2) is 4.39 Å². The molecule has 0 saturated carbocycles. The Kier molecular flexibility index (Phi) is 5.23. The molecule has 1 saturated heterocycles. The molecule has 1 aromatic carbocycles. The molecule has 25 heavy (non-hydrogen) atoms. The van der Waals surface area contributed by atoms with Crippen LogP contribution < -0.4 is 4.74 Å². The highest BCUT2D eigenvalue weighted by molar-refractivity contribution is 5.77. The second-order valence-corrected chi connectivity index (χ2v) is 5.99. The third kappa shape index (κ3) is 4.30. The lowest BCUT2D eigenvalue weighted by Crippen LogP contribution is -2.44. The molecule has 1 aromatic heterocycles. The molecule has 1 unspecified atom stereocenters. The van der Waals surface area contributed by atoms with Crippen molar-refractivity contribution >= 4 is 5.91 Å². The number of carbonyl (C=O) groups excluding carboxylic acids is 1. The highest BCUT2D eigenvalue weighted by Gasteiger charge is 2.25. The van der Waals surface area contributed by atoms with E-state index in [9.17, 15) is 9.18 Å². The minimum Gasteiger partial charge on any atom is -0.466 e. The summed E-state index contributed by atoms with van der Waals surface area (Å²) in [4.78, 5) is 14.1. The van der Waals surface area contributed by atoms with Crippen LogP contribution in [0.15, 0.2) is 30.3 Å². The largest absolute Gasteiger partial charge is 0.466 e. The molecule has 132 valence electrons. The van der Waals surface area contributed by atoms with Crippen molar-refractivity contribution < 1.29 is 18.7 Å². The second kappa shape index (κ2) is 7.57. The molecule has 3 rings (SSSR count). The molecule has 7 heteroatoms. The lowest BCUT2D eigenvalue weighted by atomic mass is 10.1. The van der Waals surface area contributed by atoms with E-state index in [1.54, 1.807) is 23.1 Å². The summed E-state index contributed by atoms with van der Waals surface area (Å²) < 4.78 is 24.2. The summed E-state index contributed by atoms with van der Waals surface area (Å²) in [6.45, 7) is 5.00. The Morgan fingerprint density at radius 3 is 2.80 bits per heavy atom. The van der Waals surface area contributed by atoms with Gasteiger partial charge in [0.25, 0.3) is 5.91 Å². The van der Waals surface area contributed by atoms with Crippen LogP contribution in [0.2, 0.25) is 0 Å². The van der Waals surface area contributed by atoms with Crippen molar-refractivity contribution in [1.29, 1.82) is 0 Å². The van der Waals surface area contributed by atoms with Crippen molar-refractivity contribution in [1.82, 2.24) is 15.1 Å². The molecule has 1 fully saturated rings. The summed E-state index contributed by atoms with van der Waals surface area (Å²) in [5.41, 5.74) is 2.63. The van der Waals surface area contributed by atoms with Crippen molar-refractivity contribution in [3.63, 3.8) is 0 Å². The van der Waals surface area contributed by atoms with Gasteiger partial charge in [0.2, 0.25) is 5.88 Å². The predicted octanol–water partition coefficient (Wildman–Crippen LogP) is 2.21. The van der Waals surface area contributed by atoms with Gasteiger partial charge in [-0.1, -0.05) is 12.1 Å². The zero-order valence-electron chi connectivity index (χ0n) is 14.2. The van der Waals surface area contributed by atoms with Crippen molar-refractivity contribution in [2.24, 2.45) is 0 Å². The van der Waals surface area contributed by atoms with Crippen LogP contribution in [0, 0.1) is 19.7 Å². The number of aromatic nitrogens is 2. The third-order valence-electron chi connectivity index (χ3n) is 4.21. The average Bonchev–Trinajstić information content (AvgIpc) is 2.63. The monoisotopic (exact) mass is 345 g/mol. The number of aryl methyl sites for hydroxylation is 2. The molecule has 1 atom stereocenters. The number of halogens is 1. The maximum absolute atomic E-state index is 13.0. The van der Waals surface area contributed by atoms with Crippen LogP contribution in [0.5, 0.6) is 5.88 Å². The van der Waals surface area contributed by atoms with E-state index in [1.165, 1.54) is 12.1 Å². The number of benzene rings is 1. The van der Waals surface area contributed by atoms with E-state index in [1.807, 2.05) is 13.8 Å². The fourth-order valence-electron chi connectivity index (χ4n) is 2.57. The van der Waals surface area contributed by atoms with E-state index in [4.69, 9.17) is 9.47 Å². The summed E-state index contributed by atoms with van der Waals surface area (Å²) in [6.07, 6.45) is -0.264. The Labute approximate surface area is 145 Å². The summed E-state index contributed by atoms with van der Waals surface area (Å²) in [5.74, 6) is -0.106. The average molecular weight is 345 g/mol. The van der Waals surface area contributed by atoms with E-state index in [2.05, 4.69) is 10.2 Å². The van der Waals surface area contributed by atoms with Crippen LogP contribution in [-0.4, -0.2) is 47.3 Å². The SMILES string of the molecule is Cc1cc(OCC(=O)N2CCOC(c3ccc(F)cc3)C2)nnc1C. The standard InChI is InChI=1S/C18H20FN3O3/c1-12-9-17(21-20-13(12)2)25-11-18(23)22-7-8-24-16(10-22)14-3-5-15(19)6-4-14/h3-6,9,16H,7-8,10-11H2,1-2H3. The molecule has 0 N–H and O–H groups in total. The summed E-state index contributed by atoms with van der Waals surface area (Å²) >= 11 is 0. The lowest BCUT2D eigenvalue weighted by molar-refractivity contribution is -0.141. The first-order chi connectivity index (χ1) is 12.0. The summed E-state index contributed by atoms with van der Waals surface area (Å²) in [7, 11) is 0. The van der Waals surface area contributed by atoms with Gasteiger partial charge in [0.05, 0.1) is 18.8 Å². The van der Waals surface area contributed by atoms with Crippen LogP contribution in [-0.2, 0) is 9.53 Å². The topological polar surface area (TPSA) is 64.5 Å². The van der Waals surface area contributed by atoms with Gasteiger partial charge in [-0.05, 0) is 37.1 Å². The zero-order chi connectivity index (χ0) is 17.8. The molecular formula is C18H20FN3O3. The molecule has 0 spiro atoms. The third-order valence-corrected chi connectivity index (χ3v) is 4.21. The van der Waals surface area contributed by atoms with Gasteiger partial charge in [0.15, 0.2) is 6.61 Å². The number of amides is 1. The molecule has 6 nitrogen and oxygen atoms in total.